The van der Waals surface area contributed by atoms with Crippen molar-refractivity contribution < 1.29 is 0 Å². The van der Waals surface area contributed by atoms with Gasteiger partial charge in [-0.1, -0.05) is 18.2 Å². The predicted octanol–water partition coefficient (Wildman–Crippen LogP) is 0.864. The maximum absolute atomic E-state index is 4.28. The maximum atomic E-state index is 4.28. The molecule has 1 aliphatic rings. The van der Waals surface area contributed by atoms with Crippen molar-refractivity contribution in [1.29, 1.82) is 0 Å². The summed E-state index contributed by atoms with van der Waals surface area (Å²) in [4.78, 5) is 0. The molecule has 2 heterocycles. The normalized spacial score (nSPS) is 21.1. The lowest BCUT2D eigenvalue weighted by atomic mass is 10.1. The third-order valence-electron chi connectivity index (χ3n) is 2.91. The molecule has 4 heteroatoms. The van der Waals surface area contributed by atoms with Crippen molar-refractivity contribution in [3.05, 3.63) is 36.0 Å². The molecule has 3 rings (SSSR count). The number of nitrogens with one attached hydrogen (secondary N) is 2. The molecule has 1 aromatic heterocycles. The van der Waals surface area contributed by atoms with E-state index in [1.807, 2.05) is 18.2 Å². The van der Waals surface area contributed by atoms with Crippen LogP contribution < -0.4 is 10.6 Å². The van der Waals surface area contributed by atoms with Gasteiger partial charge in [-0.2, -0.15) is 10.2 Å². The Morgan fingerprint density at radius 2 is 2.06 bits per heavy atom. The maximum Gasteiger partial charge on any atom is 0.0929 e. The van der Waals surface area contributed by atoms with E-state index >= 15 is 0 Å². The summed E-state index contributed by atoms with van der Waals surface area (Å²) in [5.41, 5.74) is 1.97. The van der Waals surface area contributed by atoms with Crippen LogP contribution in [0.5, 0.6) is 0 Å². The van der Waals surface area contributed by atoms with Crippen molar-refractivity contribution in [2.45, 2.75) is 6.04 Å². The Morgan fingerprint density at radius 3 is 2.94 bits per heavy atom. The van der Waals surface area contributed by atoms with Crippen molar-refractivity contribution in [3.63, 3.8) is 0 Å². The van der Waals surface area contributed by atoms with Gasteiger partial charge >= 0.3 is 0 Å². The van der Waals surface area contributed by atoms with Crippen LogP contribution in [0.3, 0.4) is 0 Å². The highest BCUT2D eigenvalue weighted by atomic mass is 15.1. The molecule has 2 N–H and O–H groups in total. The largest absolute Gasteiger partial charge is 0.314 e. The minimum absolute atomic E-state index is 0.283. The van der Waals surface area contributed by atoms with Crippen LogP contribution in [0.1, 0.15) is 11.7 Å². The zero-order valence-corrected chi connectivity index (χ0v) is 8.98. The molecule has 1 fully saturated rings. The number of aromatic nitrogens is 2. The number of fused-ring (bicyclic) bond motifs is 1. The van der Waals surface area contributed by atoms with E-state index in [-0.39, 0.29) is 6.04 Å². The zero-order chi connectivity index (χ0) is 10.8. The minimum atomic E-state index is 0.283. The third-order valence-corrected chi connectivity index (χ3v) is 2.91. The van der Waals surface area contributed by atoms with Gasteiger partial charge in [-0.15, -0.1) is 0 Å². The molecule has 0 bridgehead atoms. The third kappa shape index (κ3) is 1.77. The molecular weight excluding hydrogens is 200 g/mol. The summed E-state index contributed by atoms with van der Waals surface area (Å²) in [5.74, 6) is 0. The molecule has 0 aliphatic carbocycles. The second-order valence-electron chi connectivity index (χ2n) is 4.04. The Labute approximate surface area is 94.1 Å². The first-order valence-corrected chi connectivity index (χ1v) is 5.60. The Hall–Kier alpha value is -1.52. The van der Waals surface area contributed by atoms with Gasteiger partial charge in [0.15, 0.2) is 0 Å². The molecule has 1 atom stereocenters. The summed E-state index contributed by atoms with van der Waals surface area (Å²) in [6.07, 6.45) is 0. The first kappa shape index (κ1) is 9.69. The summed E-state index contributed by atoms with van der Waals surface area (Å²) in [7, 11) is 0. The zero-order valence-electron chi connectivity index (χ0n) is 8.98. The van der Waals surface area contributed by atoms with Crippen molar-refractivity contribution >= 4 is 10.9 Å². The van der Waals surface area contributed by atoms with Gasteiger partial charge in [0.25, 0.3) is 0 Å². The van der Waals surface area contributed by atoms with E-state index in [1.54, 1.807) is 0 Å². The molecule has 82 valence electrons. The van der Waals surface area contributed by atoms with E-state index in [4.69, 9.17) is 0 Å². The van der Waals surface area contributed by atoms with Crippen molar-refractivity contribution in [2.75, 3.05) is 19.6 Å². The molecule has 1 saturated heterocycles. The first-order valence-electron chi connectivity index (χ1n) is 5.60. The van der Waals surface area contributed by atoms with Gasteiger partial charge < -0.3 is 10.6 Å². The summed E-state index contributed by atoms with van der Waals surface area (Å²) >= 11 is 0. The Balaban J connectivity index is 1.97. The average molecular weight is 214 g/mol. The molecule has 1 unspecified atom stereocenters. The second-order valence-corrected chi connectivity index (χ2v) is 4.04. The van der Waals surface area contributed by atoms with Gasteiger partial charge in [-0.05, 0) is 12.1 Å². The van der Waals surface area contributed by atoms with Gasteiger partial charge in [-0.25, -0.2) is 0 Å². The summed E-state index contributed by atoms with van der Waals surface area (Å²) in [6, 6.07) is 10.5. The van der Waals surface area contributed by atoms with E-state index in [1.165, 1.54) is 0 Å². The fourth-order valence-electron chi connectivity index (χ4n) is 2.03. The highest BCUT2D eigenvalue weighted by Gasteiger charge is 2.16. The predicted molar refractivity (Wildman–Crippen MR) is 63.2 cm³/mol. The summed E-state index contributed by atoms with van der Waals surface area (Å²) < 4.78 is 0. The second kappa shape index (κ2) is 4.15. The van der Waals surface area contributed by atoms with Gasteiger partial charge in [0, 0.05) is 25.0 Å². The number of benzene rings is 1. The Morgan fingerprint density at radius 1 is 1.12 bits per heavy atom. The lowest BCUT2D eigenvalue weighted by Crippen LogP contribution is -2.43. The van der Waals surface area contributed by atoms with E-state index < -0.39 is 0 Å². The average Bonchev–Trinajstić information content (AvgIpc) is 2.39. The van der Waals surface area contributed by atoms with E-state index in [0.29, 0.717) is 0 Å². The highest BCUT2D eigenvalue weighted by Crippen LogP contribution is 2.16. The number of rotatable bonds is 1. The van der Waals surface area contributed by atoms with Gasteiger partial charge in [0.1, 0.15) is 0 Å². The topological polar surface area (TPSA) is 49.8 Å². The van der Waals surface area contributed by atoms with Gasteiger partial charge in [0.05, 0.1) is 17.3 Å². The molecule has 0 spiro atoms. The van der Waals surface area contributed by atoms with Crippen molar-refractivity contribution in [3.8, 4) is 0 Å². The molecule has 1 aliphatic heterocycles. The lowest BCUT2D eigenvalue weighted by Gasteiger charge is -2.23. The van der Waals surface area contributed by atoms with Crippen LogP contribution in [0.2, 0.25) is 0 Å². The van der Waals surface area contributed by atoms with Crippen LogP contribution in [0.15, 0.2) is 30.3 Å². The van der Waals surface area contributed by atoms with Crippen LogP contribution in [0.4, 0.5) is 0 Å². The fraction of sp³-hybridized carbons (Fsp3) is 0.333. The molecule has 1 aromatic carbocycles. The van der Waals surface area contributed by atoms with Crippen LogP contribution in [-0.2, 0) is 0 Å². The molecule has 16 heavy (non-hydrogen) atoms. The number of nitrogens with zero attached hydrogens (tertiary/aromatic N) is 2. The van der Waals surface area contributed by atoms with Crippen LogP contribution in [-0.4, -0.2) is 29.8 Å². The fourth-order valence-corrected chi connectivity index (χ4v) is 2.03. The van der Waals surface area contributed by atoms with Gasteiger partial charge in [-0.3, -0.25) is 0 Å². The first-order chi connectivity index (χ1) is 7.93. The van der Waals surface area contributed by atoms with E-state index in [0.717, 1.165) is 36.2 Å². The Bertz CT molecular complexity index is 491. The number of hydrogen-bond donors (Lipinski definition) is 2. The monoisotopic (exact) mass is 214 g/mol. The van der Waals surface area contributed by atoms with Gasteiger partial charge in [0.2, 0.25) is 0 Å². The molecular formula is C12H14N4. The quantitative estimate of drug-likeness (QED) is 0.739. The van der Waals surface area contributed by atoms with Crippen LogP contribution in [0.25, 0.3) is 10.9 Å². The molecule has 0 saturated carbocycles. The summed E-state index contributed by atoms with van der Waals surface area (Å²) in [6.45, 7) is 2.93. The smallest absolute Gasteiger partial charge is 0.0929 e. The minimum Gasteiger partial charge on any atom is -0.314 e. The Kier molecular flexibility index (Phi) is 2.52. The van der Waals surface area contributed by atoms with Crippen molar-refractivity contribution in [2.24, 2.45) is 0 Å². The van der Waals surface area contributed by atoms with Crippen LogP contribution >= 0.6 is 0 Å². The number of hydrogen-bond acceptors (Lipinski definition) is 4. The SMILES string of the molecule is c1ccc2nnc(C3CNCCN3)cc2c1. The van der Waals surface area contributed by atoms with E-state index in [9.17, 15) is 0 Å². The summed E-state index contributed by atoms with van der Waals surface area (Å²) in [5, 5.41) is 16.5. The number of piperazine rings is 1. The molecule has 0 amide bonds. The van der Waals surface area contributed by atoms with Crippen molar-refractivity contribution in [1.82, 2.24) is 20.8 Å². The molecule has 0 radical (unpaired) electrons. The standard InChI is InChI=1S/C12H14N4/c1-2-4-10-9(3-1)7-11(16-15-10)12-8-13-5-6-14-12/h1-4,7,12-14H,5-6,8H2. The van der Waals surface area contributed by atoms with E-state index in [2.05, 4.69) is 33.0 Å². The molecule has 2 aromatic rings. The molecule has 4 nitrogen and oxygen atoms in total. The highest BCUT2D eigenvalue weighted by molar-refractivity contribution is 5.77. The van der Waals surface area contributed by atoms with Crippen LogP contribution in [0, 0.1) is 0 Å². The lowest BCUT2D eigenvalue weighted by molar-refractivity contribution is 0.421.